The molecule has 15 heavy (non-hydrogen) atoms. The van der Waals surface area contributed by atoms with Gasteiger partial charge in [0.25, 0.3) is 0 Å². The number of unbranched alkanes of at least 4 members (excludes halogenated alkanes) is 4. The summed E-state index contributed by atoms with van der Waals surface area (Å²) in [6.07, 6.45) is 6.95. The molecule has 0 unspecified atom stereocenters. The van der Waals surface area contributed by atoms with Crippen molar-refractivity contribution < 1.29 is 9.84 Å². The Balaban J connectivity index is 0.000000921. The molecule has 0 spiro atoms. The lowest BCUT2D eigenvalue weighted by atomic mass is 10.1. The van der Waals surface area contributed by atoms with E-state index in [0.29, 0.717) is 0 Å². The highest BCUT2D eigenvalue weighted by atomic mass is 16.5. The lowest BCUT2D eigenvalue weighted by molar-refractivity contribution is 0.0371. The van der Waals surface area contributed by atoms with Gasteiger partial charge in [0.05, 0.1) is 13.2 Å². The molecule has 1 saturated heterocycles. The fourth-order valence-electron chi connectivity index (χ4n) is 1.76. The molecule has 1 aliphatic rings. The number of aliphatic hydroxyl groups excluding tert-OH is 1. The van der Waals surface area contributed by atoms with E-state index in [0.717, 1.165) is 33.4 Å². The molecule has 0 saturated carbocycles. The summed E-state index contributed by atoms with van der Waals surface area (Å²) in [7, 11) is 1.00. The van der Waals surface area contributed by atoms with E-state index < -0.39 is 0 Å². The normalized spacial score (nSPS) is 17.0. The lowest BCUT2D eigenvalue weighted by Gasteiger charge is -2.26. The molecule has 1 aliphatic heterocycles. The summed E-state index contributed by atoms with van der Waals surface area (Å²) in [6.45, 7) is 7.72. The molecule has 0 amide bonds. The minimum absolute atomic E-state index is 0.939. The van der Waals surface area contributed by atoms with Crippen LogP contribution in [0.15, 0.2) is 0 Å². The summed E-state index contributed by atoms with van der Waals surface area (Å²) < 4.78 is 5.30. The Morgan fingerprint density at radius 2 is 1.60 bits per heavy atom. The van der Waals surface area contributed by atoms with Gasteiger partial charge in [0.15, 0.2) is 0 Å². The molecule has 1 heterocycles. The van der Waals surface area contributed by atoms with E-state index >= 15 is 0 Å². The average molecular weight is 217 g/mol. The average Bonchev–Trinajstić information content (AvgIpc) is 2.33. The number of aliphatic hydroxyl groups is 1. The molecule has 0 aliphatic carbocycles. The Morgan fingerprint density at radius 1 is 1.00 bits per heavy atom. The Labute approximate surface area is 94.4 Å². The van der Waals surface area contributed by atoms with Crippen molar-refractivity contribution in [3.63, 3.8) is 0 Å². The smallest absolute Gasteiger partial charge is 0.0594 e. The molecule has 92 valence electrons. The van der Waals surface area contributed by atoms with Crippen molar-refractivity contribution in [3.05, 3.63) is 0 Å². The highest BCUT2D eigenvalue weighted by molar-refractivity contribution is 4.61. The fraction of sp³-hybridized carbons (Fsp3) is 1.00. The fourth-order valence-corrected chi connectivity index (χ4v) is 1.76. The molecule has 1 N–H and O–H groups in total. The predicted molar refractivity (Wildman–Crippen MR) is 64.2 cm³/mol. The summed E-state index contributed by atoms with van der Waals surface area (Å²) in [5, 5.41) is 7.00. The van der Waals surface area contributed by atoms with Crippen molar-refractivity contribution in [3.8, 4) is 0 Å². The first-order chi connectivity index (χ1) is 7.43. The van der Waals surface area contributed by atoms with Gasteiger partial charge >= 0.3 is 0 Å². The van der Waals surface area contributed by atoms with Crippen LogP contribution in [0.2, 0.25) is 0 Å². The van der Waals surface area contributed by atoms with E-state index in [9.17, 15) is 0 Å². The van der Waals surface area contributed by atoms with Gasteiger partial charge in [-0.05, 0) is 13.0 Å². The summed E-state index contributed by atoms with van der Waals surface area (Å²) in [5.74, 6) is 0. The van der Waals surface area contributed by atoms with E-state index in [2.05, 4.69) is 11.8 Å². The zero-order valence-electron chi connectivity index (χ0n) is 10.4. The molecule has 0 radical (unpaired) electrons. The quantitative estimate of drug-likeness (QED) is 0.690. The number of hydrogen-bond donors (Lipinski definition) is 1. The van der Waals surface area contributed by atoms with E-state index in [1.54, 1.807) is 0 Å². The second-order valence-corrected chi connectivity index (χ2v) is 3.87. The summed E-state index contributed by atoms with van der Waals surface area (Å²) in [6, 6.07) is 0. The number of morpholine rings is 1. The predicted octanol–water partition coefficient (Wildman–Crippen LogP) is 1.90. The van der Waals surface area contributed by atoms with Crippen LogP contribution in [0.5, 0.6) is 0 Å². The molecule has 1 rings (SSSR count). The summed E-state index contributed by atoms with van der Waals surface area (Å²) >= 11 is 0. The Morgan fingerprint density at radius 3 is 2.20 bits per heavy atom. The minimum Gasteiger partial charge on any atom is -0.400 e. The third-order valence-electron chi connectivity index (χ3n) is 2.68. The van der Waals surface area contributed by atoms with Crippen LogP contribution in [0.1, 0.15) is 39.0 Å². The van der Waals surface area contributed by atoms with Crippen LogP contribution in [0.3, 0.4) is 0 Å². The number of ether oxygens (including phenoxy) is 1. The molecule has 3 heteroatoms. The molecule has 0 atom stereocenters. The van der Waals surface area contributed by atoms with Crippen LogP contribution < -0.4 is 0 Å². The number of hydrogen-bond acceptors (Lipinski definition) is 3. The van der Waals surface area contributed by atoms with Crippen LogP contribution in [0.25, 0.3) is 0 Å². The van der Waals surface area contributed by atoms with Gasteiger partial charge in [-0.25, -0.2) is 0 Å². The van der Waals surface area contributed by atoms with Gasteiger partial charge in [-0.15, -0.1) is 0 Å². The number of nitrogens with zero attached hydrogens (tertiary/aromatic N) is 1. The van der Waals surface area contributed by atoms with Crippen molar-refractivity contribution in [1.29, 1.82) is 0 Å². The van der Waals surface area contributed by atoms with Crippen molar-refractivity contribution in [1.82, 2.24) is 4.90 Å². The van der Waals surface area contributed by atoms with Gasteiger partial charge < -0.3 is 9.84 Å². The topological polar surface area (TPSA) is 32.7 Å². The highest BCUT2D eigenvalue weighted by Crippen LogP contribution is 2.05. The first-order valence-electron chi connectivity index (χ1n) is 6.18. The van der Waals surface area contributed by atoms with E-state index in [1.165, 1.54) is 38.6 Å². The monoisotopic (exact) mass is 217 g/mol. The second-order valence-electron chi connectivity index (χ2n) is 3.87. The van der Waals surface area contributed by atoms with Gasteiger partial charge in [0, 0.05) is 20.2 Å². The molecule has 1 fully saturated rings. The van der Waals surface area contributed by atoms with Crippen LogP contribution in [-0.2, 0) is 4.74 Å². The lowest BCUT2D eigenvalue weighted by Crippen LogP contribution is -2.36. The van der Waals surface area contributed by atoms with Crippen molar-refractivity contribution in [2.24, 2.45) is 0 Å². The van der Waals surface area contributed by atoms with Crippen molar-refractivity contribution in [2.45, 2.75) is 39.0 Å². The van der Waals surface area contributed by atoms with Gasteiger partial charge in [-0.3, -0.25) is 4.90 Å². The van der Waals surface area contributed by atoms with E-state index in [1.807, 2.05) is 0 Å². The van der Waals surface area contributed by atoms with E-state index in [-0.39, 0.29) is 0 Å². The molecular formula is C12H27NO2. The summed E-state index contributed by atoms with van der Waals surface area (Å²) in [4.78, 5) is 2.52. The molecular weight excluding hydrogens is 190 g/mol. The van der Waals surface area contributed by atoms with Gasteiger partial charge in [-0.2, -0.15) is 0 Å². The first-order valence-corrected chi connectivity index (χ1v) is 6.18. The number of rotatable bonds is 6. The van der Waals surface area contributed by atoms with Crippen LogP contribution >= 0.6 is 0 Å². The third-order valence-corrected chi connectivity index (χ3v) is 2.68. The van der Waals surface area contributed by atoms with E-state index in [4.69, 9.17) is 9.84 Å². The zero-order chi connectivity index (χ0) is 11.4. The zero-order valence-corrected chi connectivity index (χ0v) is 10.4. The molecule has 0 aromatic heterocycles. The standard InChI is InChI=1S/C11H23NO.CH4O/c1-2-3-4-5-6-7-12-8-10-13-11-9-12;1-2/h2-11H2,1H3;2H,1H3. The van der Waals surface area contributed by atoms with Gasteiger partial charge in [0.2, 0.25) is 0 Å². The molecule has 0 aromatic rings. The first kappa shape index (κ1) is 14.9. The Hall–Kier alpha value is -0.120. The molecule has 0 bridgehead atoms. The van der Waals surface area contributed by atoms with Gasteiger partial charge in [-0.1, -0.05) is 32.6 Å². The maximum Gasteiger partial charge on any atom is 0.0594 e. The summed E-state index contributed by atoms with van der Waals surface area (Å²) in [5.41, 5.74) is 0. The van der Waals surface area contributed by atoms with Crippen molar-refractivity contribution >= 4 is 0 Å². The largest absolute Gasteiger partial charge is 0.400 e. The van der Waals surface area contributed by atoms with Crippen LogP contribution in [0, 0.1) is 0 Å². The molecule has 3 nitrogen and oxygen atoms in total. The maximum absolute atomic E-state index is 7.00. The van der Waals surface area contributed by atoms with Crippen LogP contribution in [0.4, 0.5) is 0 Å². The highest BCUT2D eigenvalue weighted by Gasteiger charge is 2.08. The van der Waals surface area contributed by atoms with Crippen molar-refractivity contribution in [2.75, 3.05) is 40.0 Å². The van der Waals surface area contributed by atoms with Crippen LogP contribution in [-0.4, -0.2) is 50.0 Å². The maximum atomic E-state index is 7.00. The Bertz CT molecular complexity index is 114. The molecule has 0 aromatic carbocycles. The SMILES string of the molecule is CCCCCCCN1CCOCC1.CO. The second kappa shape index (κ2) is 12.0. The Kier molecular flexibility index (Phi) is 11.9. The third kappa shape index (κ3) is 8.85. The minimum atomic E-state index is 0.939. The van der Waals surface area contributed by atoms with Gasteiger partial charge in [0.1, 0.15) is 0 Å².